The molecule has 3 heteroatoms. The Morgan fingerprint density at radius 3 is 2.54 bits per heavy atom. The van der Waals surface area contributed by atoms with Crippen molar-refractivity contribution in [2.75, 3.05) is 0 Å². The van der Waals surface area contributed by atoms with Gasteiger partial charge in [-0.3, -0.25) is 9.59 Å². The van der Waals surface area contributed by atoms with Crippen LogP contribution in [0.4, 0.5) is 0 Å². The Labute approximate surface area is 77.4 Å². The Morgan fingerprint density at radius 1 is 1.31 bits per heavy atom. The molecule has 2 fully saturated rings. The van der Waals surface area contributed by atoms with Gasteiger partial charge in [-0.05, 0) is 17.8 Å². The molecule has 2 rings (SSSR count). The van der Waals surface area contributed by atoms with Gasteiger partial charge in [-0.1, -0.05) is 20.8 Å². The van der Waals surface area contributed by atoms with E-state index in [-0.39, 0.29) is 35.1 Å². The van der Waals surface area contributed by atoms with Gasteiger partial charge in [-0.15, -0.1) is 0 Å². The van der Waals surface area contributed by atoms with Gasteiger partial charge in [0.2, 0.25) is 0 Å². The number of hydrogen-bond acceptors (Lipinski definition) is 3. The molecule has 0 N–H and O–H groups in total. The number of ether oxygens (including phenoxy) is 1. The molecule has 0 aromatic rings. The predicted molar refractivity (Wildman–Crippen MR) is 45.6 cm³/mol. The highest BCUT2D eigenvalue weighted by Crippen LogP contribution is 2.54. The van der Waals surface area contributed by atoms with Crippen molar-refractivity contribution in [1.82, 2.24) is 0 Å². The Bertz CT molecular complexity index is 280. The van der Waals surface area contributed by atoms with Gasteiger partial charge >= 0.3 is 11.9 Å². The highest BCUT2D eigenvalue weighted by atomic mass is 16.6. The number of esters is 2. The van der Waals surface area contributed by atoms with Crippen LogP contribution < -0.4 is 0 Å². The minimum Gasteiger partial charge on any atom is -0.393 e. The summed E-state index contributed by atoms with van der Waals surface area (Å²) in [6.07, 6.45) is 0.794. The Morgan fingerprint density at radius 2 is 1.92 bits per heavy atom. The van der Waals surface area contributed by atoms with Crippen molar-refractivity contribution < 1.29 is 14.3 Å². The normalized spacial score (nSPS) is 41.9. The predicted octanol–water partition coefficient (Wildman–Crippen LogP) is 1.37. The van der Waals surface area contributed by atoms with Crippen LogP contribution in [0.1, 0.15) is 27.2 Å². The summed E-state index contributed by atoms with van der Waals surface area (Å²) in [5, 5.41) is 0. The standard InChI is InChI=1S/C10H14O3/c1-5-4-6-8(11)13-9(12)7(5)10(6,2)3/h5-7H,4H2,1-3H3. The Balaban J connectivity index is 2.44. The zero-order valence-electron chi connectivity index (χ0n) is 8.16. The second-order valence-electron chi connectivity index (χ2n) is 4.80. The van der Waals surface area contributed by atoms with Crippen molar-refractivity contribution in [3.63, 3.8) is 0 Å². The quantitative estimate of drug-likeness (QED) is 0.419. The molecule has 1 aliphatic heterocycles. The third kappa shape index (κ3) is 0.960. The largest absolute Gasteiger partial charge is 0.393 e. The lowest BCUT2D eigenvalue weighted by molar-refractivity contribution is -0.177. The maximum atomic E-state index is 11.4. The summed E-state index contributed by atoms with van der Waals surface area (Å²) in [5.74, 6) is -0.536. The molecule has 1 saturated heterocycles. The molecule has 72 valence electrons. The van der Waals surface area contributed by atoms with Crippen LogP contribution in [0.2, 0.25) is 0 Å². The van der Waals surface area contributed by atoms with Gasteiger partial charge in [0.1, 0.15) is 0 Å². The molecule has 3 atom stereocenters. The molecular formula is C10H14O3. The highest BCUT2D eigenvalue weighted by Gasteiger charge is 2.58. The van der Waals surface area contributed by atoms with Crippen LogP contribution in [0.3, 0.4) is 0 Å². The van der Waals surface area contributed by atoms with Gasteiger partial charge in [-0.25, -0.2) is 0 Å². The SMILES string of the molecule is CC1CC2C(=O)OC(=O)C1C2(C)C. The first kappa shape index (κ1) is 8.73. The number of fused-ring (bicyclic) bond motifs is 2. The zero-order valence-corrected chi connectivity index (χ0v) is 8.16. The summed E-state index contributed by atoms with van der Waals surface area (Å²) in [4.78, 5) is 22.8. The van der Waals surface area contributed by atoms with Gasteiger partial charge in [0.05, 0.1) is 11.8 Å². The summed E-state index contributed by atoms with van der Waals surface area (Å²) < 4.78 is 4.70. The molecule has 0 aromatic heterocycles. The molecule has 1 heterocycles. The molecule has 0 radical (unpaired) electrons. The van der Waals surface area contributed by atoms with E-state index in [9.17, 15) is 9.59 Å². The van der Waals surface area contributed by atoms with Crippen LogP contribution in [-0.2, 0) is 14.3 Å². The maximum absolute atomic E-state index is 11.4. The molecule has 0 spiro atoms. The van der Waals surface area contributed by atoms with Crippen LogP contribution in [0.25, 0.3) is 0 Å². The molecule has 2 bridgehead atoms. The number of rotatable bonds is 0. The Hall–Kier alpha value is -0.860. The van der Waals surface area contributed by atoms with Gasteiger partial charge in [0, 0.05) is 0 Å². The van der Waals surface area contributed by atoms with Crippen molar-refractivity contribution in [2.24, 2.45) is 23.2 Å². The summed E-state index contributed by atoms with van der Waals surface area (Å²) in [6.45, 7) is 6.00. The number of hydrogen-bond donors (Lipinski definition) is 0. The van der Waals surface area contributed by atoms with E-state index in [1.807, 2.05) is 20.8 Å². The summed E-state index contributed by atoms with van der Waals surface area (Å²) >= 11 is 0. The van der Waals surface area contributed by atoms with Crippen LogP contribution >= 0.6 is 0 Å². The molecule has 0 aromatic carbocycles. The first-order chi connectivity index (χ1) is 5.94. The average Bonchev–Trinajstić information content (AvgIpc) is 2.11. The van der Waals surface area contributed by atoms with Gasteiger partial charge in [-0.2, -0.15) is 0 Å². The first-order valence-corrected chi connectivity index (χ1v) is 4.70. The average molecular weight is 182 g/mol. The van der Waals surface area contributed by atoms with Gasteiger partial charge in [0.15, 0.2) is 0 Å². The van der Waals surface area contributed by atoms with Crippen LogP contribution in [0, 0.1) is 23.2 Å². The summed E-state index contributed by atoms with van der Waals surface area (Å²) in [7, 11) is 0. The van der Waals surface area contributed by atoms with E-state index in [1.54, 1.807) is 0 Å². The van der Waals surface area contributed by atoms with Crippen molar-refractivity contribution in [1.29, 1.82) is 0 Å². The molecule has 3 nitrogen and oxygen atoms in total. The lowest BCUT2D eigenvalue weighted by Gasteiger charge is -2.34. The van der Waals surface area contributed by atoms with Crippen LogP contribution in [0.5, 0.6) is 0 Å². The third-order valence-corrected chi connectivity index (χ3v) is 3.62. The van der Waals surface area contributed by atoms with Gasteiger partial charge < -0.3 is 4.74 Å². The molecule has 1 saturated carbocycles. The maximum Gasteiger partial charge on any atom is 0.317 e. The third-order valence-electron chi connectivity index (χ3n) is 3.62. The fraction of sp³-hybridized carbons (Fsp3) is 0.800. The molecule has 0 amide bonds. The van der Waals surface area contributed by atoms with Crippen LogP contribution in [0.15, 0.2) is 0 Å². The molecule has 3 unspecified atom stereocenters. The smallest absolute Gasteiger partial charge is 0.317 e. The monoisotopic (exact) mass is 182 g/mol. The number of carbonyl (C=O) groups excluding carboxylic acids is 2. The lowest BCUT2D eigenvalue weighted by Crippen LogP contribution is -2.43. The molecular weight excluding hydrogens is 168 g/mol. The van der Waals surface area contributed by atoms with E-state index in [1.165, 1.54) is 0 Å². The van der Waals surface area contributed by atoms with Gasteiger partial charge in [0.25, 0.3) is 0 Å². The van der Waals surface area contributed by atoms with E-state index >= 15 is 0 Å². The van der Waals surface area contributed by atoms with Crippen molar-refractivity contribution >= 4 is 11.9 Å². The topological polar surface area (TPSA) is 43.4 Å². The van der Waals surface area contributed by atoms with E-state index in [0.717, 1.165) is 6.42 Å². The first-order valence-electron chi connectivity index (χ1n) is 4.70. The second kappa shape index (κ2) is 2.34. The fourth-order valence-electron chi connectivity index (χ4n) is 2.93. The van der Waals surface area contributed by atoms with Crippen molar-refractivity contribution in [3.05, 3.63) is 0 Å². The second-order valence-corrected chi connectivity index (χ2v) is 4.80. The van der Waals surface area contributed by atoms with E-state index in [4.69, 9.17) is 4.74 Å². The molecule has 2 aliphatic rings. The van der Waals surface area contributed by atoms with Crippen molar-refractivity contribution in [3.8, 4) is 0 Å². The van der Waals surface area contributed by atoms with E-state index in [0.29, 0.717) is 0 Å². The number of cyclic esters (lactones) is 2. The summed E-state index contributed by atoms with van der Waals surface area (Å²) in [6, 6.07) is 0. The summed E-state index contributed by atoms with van der Waals surface area (Å²) in [5.41, 5.74) is -0.203. The zero-order chi connectivity index (χ0) is 9.80. The van der Waals surface area contributed by atoms with Crippen molar-refractivity contribution in [2.45, 2.75) is 27.2 Å². The molecule has 1 aliphatic carbocycles. The Kier molecular flexibility index (Phi) is 1.57. The lowest BCUT2D eigenvalue weighted by atomic mass is 9.73. The number of carbonyl (C=O) groups is 2. The van der Waals surface area contributed by atoms with E-state index < -0.39 is 0 Å². The van der Waals surface area contributed by atoms with E-state index in [2.05, 4.69) is 0 Å². The minimum atomic E-state index is -0.324. The molecule has 13 heavy (non-hydrogen) atoms. The van der Waals surface area contributed by atoms with Crippen LogP contribution in [-0.4, -0.2) is 11.9 Å². The fourth-order valence-corrected chi connectivity index (χ4v) is 2.93. The minimum absolute atomic E-state index is 0.0785. The highest BCUT2D eigenvalue weighted by molar-refractivity contribution is 5.93.